The van der Waals surface area contributed by atoms with Crippen LogP contribution >= 0.6 is 0 Å². The fraction of sp³-hybridized carbons (Fsp3) is 0.545. The molecule has 1 aromatic rings. The van der Waals surface area contributed by atoms with E-state index in [9.17, 15) is 19.5 Å². The van der Waals surface area contributed by atoms with Crippen LogP contribution in [0.3, 0.4) is 0 Å². The number of benzene rings is 1. The highest BCUT2D eigenvalue weighted by atomic mass is 16.7. The number of rotatable bonds is 11. The van der Waals surface area contributed by atoms with Crippen molar-refractivity contribution in [1.29, 1.82) is 0 Å². The summed E-state index contributed by atoms with van der Waals surface area (Å²) in [6.07, 6.45) is 11.2. The number of allylic oxidation sites excluding steroid dienone is 4. The van der Waals surface area contributed by atoms with Gasteiger partial charge in [0.25, 0.3) is 0 Å². The van der Waals surface area contributed by atoms with Gasteiger partial charge in [-0.3, -0.25) is 14.4 Å². The molecule has 1 aromatic carbocycles. The molecule has 1 atom stereocenters. The lowest BCUT2D eigenvalue weighted by Gasteiger charge is -2.39. The van der Waals surface area contributed by atoms with E-state index in [2.05, 4.69) is 6.92 Å². The standard InChI is InChI=1S/C33H40O7/c1-4-5-6-7-8-9-10-11-12-13-21-29(35)31(37)28-26(20-14-15-23-24(16-20)39-19-38-23)27-22(34)17-33(2,3)18-25(27)40-32(28)30(21)36/h14-16,26,35H,4-13,17-19H2,1-3H3. The molecule has 2 aliphatic carbocycles. The average molecular weight is 549 g/mol. The summed E-state index contributed by atoms with van der Waals surface area (Å²) in [4.78, 5) is 41.0. The maximum atomic E-state index is 13.8. The molecule has 0 saturated carbocycles. The Hall–Kier alpha value is -3.35. The van der Waals surface area contributed by atoms with Gasteiger partial charge in [0.05, 0.1) is 5.57 Å². The van der Waals surface area contributed by atoms with E-state index in [-0.39, 0.29) is 34.9 Å². The van der Waals surface area contributed by atoms with Gasteiger partial charge in [0.15, 0.2) is 28.8 Å². The van der Waals surface area contributed by atoms with Crippen LogP contribution in [-0.4, -0.2) is 29.2 Å². The molecule has 2 aliphatic heterocycles. The predicted molar refractivity (Wildman–Crippen MR) is 150 cm³/mol. The van der Waals surface area contributed by atoms with Crippen molar-refractivity contribution in [2.75, 3.05) is 6.79 Å². The third kappa shape index (κ3) is 5.48. The Morgan fingerprint density at radius 1 is 0.850 bits per heavy atom. The van der Waals surface area contributed by atoms with Gasteiger partial charge in [-0.05, 0) is 36.0 Å². The second-order valence-electron chi connectivity index (χ2n) is 12.2. The molecule has 4 aliphatic rings. The van der Waals surface area contributed by atoms with Gasteiger partial charge in [-0.2, -0.15) is 0 Å². The van der Waals surface area contributed by atoms with Gasteiger partial charge in [0, 0.05) is 29.9 Å². The second kappa shape index (κ2) is 11.6. The number of ketones is 3. The van der Waals surface area contributed by atoms with E-state index in [0.29, 0.717) is 54.1 Å². The first kappa shape index (κ1) is 28.2. The van der Waals surface area contributed by atoms with Crippen LogP contribution in [0.5, 0.6) is 11.5 Å². The Morgan fingerprint density at radius 2 is 1.52 bits per heavy atom. The lowest BCUT2D eigenvalue weighted by atomic mass is 9.68. The lowest BCUT2D eigenvalue weighted by molar-refractivity contribution is -0.122. The fourth-order valence-corrected chi connectivity index (χ4v) is 6.33. The minimum Gasteiger partial charge on any atom is -0.504 e. The number of hydrogen-bond donors (Lipinski definition) is 1. The molecule has 7 heteroatoms. The fourth-order valence-electron chi connectivity index (χ4n) is 6.33. The minimum absolute atomic E-state index is 0.0315. The van der Waals surface area contributed by atoms with Crippen LogP contribution in [0.15, 0.2) is 52.2 Å². The zero-order valence-corrected chi connectivity index (χ0v) is 23.9. The van der Waals surface area contributed by atoms with Crippen molar-refractivity contribution in [2.45, 2.75) is 104 Å². The maximum absolute atomic E-state index is 13.8. The molecule has 0 spiro atoms. The Balaban J connectivity index is 1.39. The molecule has 5 rings (SSSR count). The molecule has 1 unspecified atom stereocenters. The van der Waals surface area contributed by atoms with Crippen molar-refractivity contribution in [1.82, 2.24) is 0 Å². The van der Waals surface area contributed by atoms with Crippen molar-refractivity contribution in [3.8, 4) is 11.5 Å². The number of ether oxygens (including phenoxy) is 3. The van der Waals surface area contributed by atoms with Gasteiger partial charge < -0.3 is 19.3 Å². The van der Waals surface area contributed by atoms with E-state index >= 15 is 0 Å². The highest BCUT2D eigenvalue weighted by Crippen LogP contribution is 2.52. The van der Waals surface area contributed by atoms with Gasteiger partial charge in [-0.15, -0.1) is 0 Å². The summed E-state index contributed by atoms with van der Waals surface area (Å²) in [6.45, 7) is 6.28. The molecule has 1 N–H and O–H groups in total. The van der Waals surface area contributed by atoms with Crippen molar-refractivity contribution in [2.24, 2.45) is 5.41 Å². The highest BCUT2D eigenvalue weighted by molar-refractivity contribution is 6.25. The Bertz CT molecular complexity index is 1310. The SMILES string of the molecule is CCCCCCCCCCCC1=C(O)C(=O)C2=C(OC3=C(C(=O)CC(C)(C)C3)C2c2ccc3c(c2)OCO3)C1=O. The number of aliphatic hydroxyl groups is 1. The normalized spacial score (nSPS) is 21.6. The van der Waals surface area contributed by atoms with Crippen molar-refractivity contribution < 1.29 is 33.7 Å². The maximum Gasteiger partial charge on any atom is 0.231 e. The number of carbonyl (C=O) groups excluding carboxylic acids is 3. The number of carbonyl (C=O) groups is 3. The van der Waals surface area contributed by atoms with E-state index in [4.69, 9.17) is 14.2 Å². The zero-order chi connectivity index (χ0) is 28.4. The third-order valence-corrected chi connectivity index (χ3v) is 8.41. The van der Waals surface area contributed by atoms with E-state index in [1.165, 1.54) is 32.1 Å². The summed E-state index contributed by atoms with van der Waals surface area (Å²) in [7, 11) is 0. The van der Waals surface area contributed by atoms with E-state index < -0.39 is 23.2 Å². The van der Waals surface area contributed by atoms with Crippen molar-refractivity contribution in [3.63, 3.8) is 0 Å². The molecule has 0 saturated heterocycles. The van der Waals surface area contributed by atoms with Crippen molar-refractivity contribution in [3.05, 3.63) is 57.8 Å². The summed E-state index contributed by atoms with van der Waals surface area (Å²) in [5, 5.41) is 11.0. The summed E-state index contributed by atoms with van der Waals surface area (Å²) >= 11 is 0. The van der Waals surface area contributed by atoms with Crippen LogP contribution in [0.1, 0.15) is 109 Å². The molecular weight excluding hydrogens is 508 g/mol. The van der Waals surface area contributed by atoms with E-state index in [0.717, 1.165) is 19.3 Å². The van der Waals surface area contributed by atoms with E-state index in [1.807, 2.05) is 13.8 Å². The van der Waals surface area contributed by atoms with Gasteiger partial charge in [0.1, 0.15) is 5.76 Å². The predicted octanol–water partition coefficient (Wildman–Crippen LogP) is 7.31. The zero-order valence-electron chi connectivity index (χ0n) is 23.9. The third-order valence-electron chi connectivity index (χ3n) is 8.41. The van der Waals surface area contributed by atoms with Crippen LogP contribution in [-0.2, 0) is 19.1 Å². The summed E-state index contributed by atoms with van der Waals surface area (Å²) in [5.41, 5.74) is 0.808. The number of fused-ring (bicyclic) bond motifs is 1. The smallest absolute Gasteiger partial charge is 0.231 e. The van der Waals surface area contributed by atoms with Gasteiger partial charge in [0.2, 0.25) is 18.4 Å². The summed E-state index contributed by atoms with van der Waals surface area (Å²) < 4.78 is 17.2. The van der Waals surface area contributed by atoms with Crippen LogP contribution in [0, 0.1) is 5.41 Å². The second-order valence-corrected chi connectivity index (χ2v) is 12.2. The van der Waals surface area contributed by atoms with Crippen LogP contribution in [0.2, 0.25) is 0 Å². The van der Waals surface area contributed by atoms with Crippen LogP contribution in [0.4, 0.5) is 0 Å². The number of hydrogen-bond acceptors (Lipinski definition) is 7. The quantitative estimate of drug-likeness (QED) is 0.229. The van der Waals surface area contributed by atoms with Gasteiger partial charge >= 0.3 is 0 Å². The monoisotopic (exact) mass is 548 g/mol. The van der Waals surface area contributed by atoms with Crippen LogP contribution in [0.25, 0.3) is 0 Å². The summed E-state index contributed by atoms with van der Waals surface area (Å²) in [5.74, 6) is -1.11. The first-order valence-electron chi connectivity index (χ1n) is 14.8. The lowest BCUT2D eigenvalue weighted by Crippen LogP contribution is -2.37. The molecule has 7 nitrogen and oxygen atoms in total. The molecule has 0 bridgehead atoms. The molecule has 40 heavy (non-hydrogen) atoms. The Kier molecular flexibility index (Phi) is 8.20. The van der Waals surface area contributed by atoms with Crippen molar-refractivity contribution >= 4 is 17.3 Å². The molecule has 0 fully saturated rings. The van der Waals surface area contributed by atoms with E-state index in [1.54, 1.807) is 18.2 Å². The molecule has 2 heterocycles. The highest BCUT2D eigenvalue weighted by Gasteiger charge is 2.49. The Morgan fingerprint density at radius 3 is 2.25 bits per heavy atom. The average Bonchev–Trinajstić information content (AvgIpc) is 3.39. The number of unbranched alkanes of at least 4 members (excludes halogenated alkanes) is 8. The molecule has 214 valence electrons. The van der Waals surface area contributed by atoms with Gasteiger partial charge in [-0.1, -0.05) is 78.2 Å². The van der Waals surface area contributed by atoms with Crippen LogP contribution < -0.4 is 9.47 Å². The first-order valence-corrected chi connectivity index (χ1v) is 14.8. The first-order chi connectivity index (χ1) is 19.2. The molecular formula is C33H40O7. The number of aliphatic hydroxyl groups excluding tert-OH is 1. The molecule has 0 aromatic heterocycles. The Labute approximate surface area is 236 Å². The largest absolute Gasteiger partial charge is 0.504 e. The summed E-state index contributed by atoms with van der Waals surface area (Å²) in [6, 6.07) is 5.27. The minimum atomic E-state index is -0.829. The number of Topliss-reactive ketones (excluding diaryl/α,β-unsaturated/α-hetero) is 3. The molecule has 0 radical (unpaired) electrons. The molecule has 0 amide bonds. The topological polar surface area (TPSA) is 99.1 Å². The van der Waals surface area contributed by atoms with Gasteiger partial charge in [-0.25, -0.2) is 0 Å².